The average Bonchev–Trinajstić information content (AvgIpc) is 2.48. The van der Waals surface area contributed by atoms with Crippen LogP contribution in [0.15, 0.2) is 39.9 Å². The summed E-state index contributed by atoms with van der Waals surface area (Å²) in [7, 11) is 1.56. The molecule has 0 aliphatic carbocycles. The quantitative estimate of drug-likeness (QED) is 0.857. The number of aliphatic carboxylic acids is 1. The van der Waals surface area contributed by atoms with E-state index in [-0.39, 0.29) is 16.6 Å². The van der Waals surface area contributed by atoms with Gasteiger partial charge in [0.15, 0.2) is 0 Å². The maximum Gasteiger partial charge on any atom is 0.312 e. The van der Waals surface area contributed by atoms with E-state index in [1.807, 2.05) is 0 Å². The molecular formula is C14H13BrN2O4. The van der Waals surface area contributed by atoms with Gasteiger partial charge < -0.3 is 14.8 Å². The fourth-order valence-corrected chi connectivity index (χ4v) is 2.43. The molecule has 0 saturated heterocycles. The molecule has 1 heterocycles. The number of hydrogen-bond donors (Lipinski definition) is 2. The zero-order valence-electron chi connectivity index (χ0n) is 11.2. The molecule has 21 heavy (non-hydrogen) atoms. The van der Waals surface area contributed by atoms with Gasteiger partial charge in [-0.25, -0.2) is 4.98 Å². The Morgan fingerprint density at radius 1 is 1.43 bits per heavy atom. The highest BCUT2D eigenvalue weighted by Crippen LogP contribution is 2.24. The van der Waals surface area contributed by atoms with Gasteiger partial charge >= 0.3 is 5.97 Å². The van der Waals surface area contributed by atoms with Crippen molar-refractivity contribution < 1.29 is 14.6 Å². The van der Waals surface area contributed by atoms with Crippen LogP contribution in [0.1, 0.15) is 17.2 Å². The molecule has 0 amide bonds. The number of carbonyl (C=O) groups is 1. The zero-order chi connectivity index (χ0) is 15.4. The Morgan fingerprint density at radius 3 is 2.67 bits per heavy atom. The van der Waals surface area contributed by atoms with Crippen LogP contribution < -0.4 is 10.3 Å². The molecule has 0 radical (unpaired) electrons. The smallest absolute Gasteiger partial charge is 0.312 e. The fraction of sp³-hybridized carbons (Fsp3) is 0.214. The molecule has 0 spiro atoms. The normalized spacial score (nSPS) is 11.9. The minimum atomic E-state index is -1.04. The maximum absolute atomic E-state index is 11.6. The third-order valence-corrected chi connectivity index (χ3v) is 3.82. The molecule has 1 aromatic heterocycles. The standard InChI is InChI=1S/C14H13BrN2O4/c1-21-9-4-2-8(3-5-9)6-10(14(19)20)12-11(15)13(18)17-7-16-12/h2-5,7,10H,6H2,1H3,(H,19,20)(H,16,17,18). The van der Waals surface area contributed by atoms with E-state index < -0.39 is 17.4 Å². The number of aromatic amines is 1. The molecule has 1 aromatic carbocycles. The molecule has 0 aliphatic heterocycles. The topological polar surface area (TPSA) is 92.3 Å². The van der Waals surface area contributed by atoms with Crippen molar-refractivity contribution in [2.24, 2.45) is 0 Å². The highest BCUT2D eigenvalue weighted by molar-refractivity contribution is 9.10. The highest BCUT2D eigenvalue weighted by atomic mass is 79.9. The van der Waals surface area contributed by atoms with Crippen molar-refractivity contribution >= 4 is 21.9 Å². The summed E-state index contributed by atoms with van der Waals surface area (Å²) in [5.41, 5.74) is 0.625. The van der Waals surface area contributed by atoms with Gasteiger partial charge in [0.2, 0.25) is 0 Å². The van der Waals surface area contributed by atoms with Crippen molar-refractivity contribution in [2.75, 3.05) is 7.11 Å². The number of carboxylic acid groups (broad SMARTS) is 1. The summed E-state index contributed by atoms with van der Waals surface area (Å²) in [6.45, 7) is 0. The minimum Gasteiger partial charge on any atom is -0.497 e. The second-order valence-corrected chi connectivity index (χ2v) is 5.17. The Kier molecular flexibility index (Phi) is 4.74. The summed E-state index contributed by atoms with van der Waals surface area (Å²) < 4.78 is 5.20. The van der Waals surface area contributed by atoms with Crippen LogP contribution in [-0.4, -0.2) is 28.2 Å². The molecule has 1 atom stereocenters. The second-order valence-electron chi connectivity index (χ2n) is 4.37. The summed E-state index contributed by atoms with van der Waals surface area (Å²) in [6.07, 6.45) is 1.43. The number of nitrogens with zero attached hydrogens (tertiary/aromatic N) is 1. The number of ether oxygens (including phenoxy) is 1. The van der Waals surface area contributed by atoms with Gasteiger partial charge in [-0.1, -0.05) is 12.1 Å². The lowest BCUT2D eigenvalue weighted by atomic mass is 9.96. The number of methoxy groups -OCH3 is 1. The van der Waals surface area contributed by atoms with Crippen LogP contribution in [0, 0.1) is 0 Å². The Labute approximate surface area is 128 Å². The van der Waals surface area contributed by atoms with Gasteiger partial charge in [-0.05, 0) is 40.0 Å². The third-order valence-electron chi connectivity index (χ3n) is 3.05. The van der Waals surface area contributed by atoms with E-state index in [4.69, 9.17) is 4.74 Å². The number of rotatable bonds is 5. The molecule has 0 fully saturated rings. The third kappa shape index (κ3) is 3.49. The van der Waals surface area contributed by atoms with Gasteiger partial charge in [0.25, 0.3) is 5.56 Å². The summed E-state index contributed by atoms with van der Waals surface area (Å²) in [4.78, 5) is 29.4. The van der Waals surface area contributed by atoms with Crippen molar-refractivity contribution in [3.05, 3.63) is 56.7 Å². The first-order valence-electron chi connectivity index (χ1n) is 6.11. The minimum absolute atomic E-state index is 0.144. The Bertz CT molecular complexity index is 697. The van der Waals surface area contributed by atoms with E-state index in [0.29, 0.717) is 5.75 Å². The molecule has 7 heteroatoms. The van der Waals surface area contributed by atoms with Crippen LogP contribution in [0.25, 0.3) is 0 Å². The lowest BCUT2D eigenvalue weighted by molar-refractivity contribution is -0.138. The molecule has 0 saturated carbocycles. The fourth-order valence-electron chi connectivity index (χ4n) is 1.94. The van der Waals surface area contributed by atoms with Crippen LogP contribution >= 0.6 is 15.9 Å². The molecule has 2 N–H and O–H groups in total. The second kappa shape index (κ2) is 6.53. The van der Waals surface area contributed by atoms with Crippen molar-refractivity contribution in [3.8, 4) is 5.75 Å². The maximum atomic E-state index is 11.6. The SMILES string of the molecule is COc1ccc(CC(C(=O)O)c2nc[nH]c(=O)c2Br)cc1. The molecule has 0 bridgehead atoms. The molecular weight excluding hydrogens is 340 g/mol. The Hall–Kier alpha value is -2.15. The predicted molar refractivity (Wildman–Crippen MR) is 79.6 cm³/mol. The van der Waals surface area contributed by atoms with Gasteiger partial charge in [0.05, 0.1) is 19.1 Å². The lowest BCUT2D eigenvalue weighted by Gasteiger charge is -2.13. The molecule has 2 aromatic rings. The number of aromatic nitrogens is 2. The monoisotopic (exact) mass is 352 g/mol. The van der Waals surface area contributed by atoms with E-state index in [1.165, 1.54) is 6.33 Å². The van der Waals surface area contributed by atoms with E-state index in [0.717, 1.165) is 5.56 Å². The number of H-pyrrole nitrogens is 1. The van der Waals surface area contributed by atoms with E-state index in [9.17, 15) is 14.7 Å². The van der Waals surface area contributed by atoms with E-state index >= 15 is 0 Å². The molecule has 0 aliphatic rings. The summed E-state index contributed by atoms with van der Waals surface area (Å²) in [6, 6.07) is 7.09. The Balaban J connectivity index is 2.33. The van der Waals surface area contributed by atoms with Crippen LogP contribution in [0.4, 0.5) is 0 Å². The zero-order valence-corrected chi connectivity index (χ0v) is 12.8. The van der Waals surface area contributed by atoms with Crippen molar-refractivity contribution in [2.45, 2.75) is 12.3 Å². The van der Waals surface area contributed by atoms with E-state index in [1.54, 1.807) is 31.4 Å². The van der Waals surface area contributed by atoms with Gasteiger partial charge in [-0.15, -0.1) is 0 Å². The van der Waals surface area contributed by atoms with Gasteiger partial charge in [-0.2, -0.15) is 0 Å². The van der Waals surface area contributed by atoms with Crippen LogP contribution in [0.3, 0.4) is 0 Å². The number of nitrogens with one attached hydrogen (secondary N) is 1. The summed E-state index contributed by atoms with van der Waals surface area (Å²) in [5, 5.41) is 9.41. The van der Waals surface area contributed by atoms with Crippen molar-refractivity contribution in [1.29, 1.82) is 0 Å². The number of carboxylic acids is 1. The lowest BCUT2D eigenvalue weighted by Crippen LogP contribution is -2.20. The summed E-state index contributed by atoms with van der Waals surface area (Å²) >= 11 is 3.10. The first-order valence-corrected chi connectivity index (χ1v) is 6.91. The van der Waals surface area contributed by atoms with Crippen LogP contribution in [-0.2, 0) is 11.2 Å². The first-order chi connectivity index (χ1) is 10.0. The van der Waals surface area contributed by atoms with Gasteiger partial charge in [-0.3, -0.25) is 9.59 Å². The number of hydrogen-bond acceptors (Lipinski definition) is 4. The highest BCUT2D eigenvalue weighted by Gasteiger charge is 2.25. The average molecular weight is 353 g/mol. The first kappa shape index (κ1) is 15.2. The van der Waals surface area contributed by atoms with Gasteiger partial charge in [0.1, 0.15) is 16.1 Å². The van der Waals surface area contributed by atoms with Crippen LogP contribution in [0.5, 0.6) is 5.75 Å². The van der Waals surface area contributed by atoms with Crippen LogP contribution in [0.2, 0.25) is 0 Å². The summed E-state index contributed by atoms with van der Waals surface area (Å²) in [5.74, 6) is -1.25. The van der Waals surface area contributed by atoms with Gasteiger partial charge in [0, 0.05) is 0 Å². The molecule has 6 nitrogen and oxygen atoms in total. The molecule has 2 rings (SSSR count). The largest absolute Gasteiger partial charge is 0.497 e. The number of benzene rings is 1. The number of halogens is 1. The Morgan fingerprint density at radius 2 is 2.10 bits per heavy atom. The molecule has 1 unspecified atom stereocenters. The van der Waals surface area contributed by atoms with Crippen molar-refractivity contribution in [1.82, 2.24) is 9.97 Å². The molecule has 110 valence electrons. The van der Waals surface area contributed by atoms with Crippen molar-refractivity contribution in [3.63, 3.8) is 0 Å². The predicted octanol–water partition coefficient (Wildman–Crippen LogP) is 1.95. The van der Waals surface area contributed by atoms with E-state index in [2.05, 4.69) is 25.9 Å².